The number of aliphatic hydroxyl groups is 2. The quantitative estimate of drug-likeness (QED) is 0.248. The van der Waals surface area contributed by atoms with Crippen molar-refractivity contribution in [2.45, 2.75) is 112 Å². The van der Waals surface area contributed by atoms with Crippen LogP contribution in [0.2, 0.25) is 0 Å². The summed E-state index contributed by atoms with van der Waals surface area (Å²) >= 11 is 0. The fourth-order valence-electron chi connectivity index (χ4n) is 9.30. The van der Waals surface area contributed by atoms with Gasteiger partial charge in [0.25, 0.3) is 0 Å². The summed E-state index contributed by atoms with van der Waals surface area (Å²) in [4.78, 5) is 69.7. The molecule has 0 bridgehead atoms. The Hall–Kier alpha value is -3.75. The Labute approximate surface area is 295 Å². The standard InChI is InChI=1S/C42H52O8/c1-20(2)30-33(45)28(22(4)43)35(47)42(50)36(48)31-34(46)29-27(21(3)40(31,11)37(49)41(30,42)12)16-15-24(32(29)44)14-13-23-17-25(38(5,6)7)19-26(18-23)39(8,9)10/h13-21,28,30-31,37,44,49-50H,1-12H3/b14-13+/t21-,28?,30?,31?,37-,40+,41+,42+/m1/s1. The van der Waals surface area contributed by atoms with Gasteiger partial charge >= 0.3 is 0 Å². The third kappa shape index (κ3) is 4.95. The number of fused-ring (bicyclic) bond motifs is 3. The lowest BCUT2D eigenvalue weighted by Crippen LogP contribution is -2.81. The second kappa shape index (κ2) is 11.6. The molecule has 2 fully saturated rings. The van der Waals surface area contributed by atoms with Gasteiger partial charge in [0.1, 0.15) is 17.5 Å². The Bertz CT molecular complexity index is 1840. The zero-order valence-corrected chi connectivity index (χ0v) is 31.4. The van der Waals surface area contributed by atoms with Crippen molar-refractivity contribution in [1.82, 2.24) is 0 Å². The third-order valence-electron chi connectivity index (χ3n) is 12.4. The molecule has 5 rings (SSSR count). The molecule has 0 spiro atoms. The maximum absolute atomic E-state index is 14.7. The van der Waals surface area contributed by atoms with Crippen LogP contribution in [0.25, 0.3) is 12.2 Å². The molecular formula is C42H52O8. The first kappa shape index (κ1) is 37.5. The van der Waals surface area contributed by atoms with Crippen molar-refractivity contribution in [2.75, 3.05) is 0 Å². The molecule has 0 saturated heterocycles. The number of phenols is 1. The topological polar surface area (TPSA) is 146 Å². The number of hydrogen-bond donors (Lipinski definition) is 3. The van der Waals surface area contributed by atoms with Crippen LogP contribution in [0.4, 0.5) is 0 Å². The average Bonchev–Trinajstić information content (AvgIpc) is 2.99. The van der Waals surface area contributed by atoms with E-state index in [1.54, 1.807) is 45.9 Å². The van der Waals surface area contributed by atoms with Gasteiger partial charge in [0, 0.05) is 22.3 Å². The second-order valence-corrected chi connectivity index (χ2v) is 17.8. The largest absolute Gasteiger partial charge is 0.507 e. The number of carbonyl (C=O) groups excluding carboxylic acids is 5. The van der Waals surface area contributed by atoms with Gasteiger partial charge in [-0.05, 0) is 51.8 Å². The van der Waals surface area contributed by atoms with Crippen molar-refractivity contribution in [2.24, 2.45) is 34.5 Å². The molecule has 0 heterocycles. The summed E-state index contributed by atoms with van der Waals surface area (Å²) in [5, 5.41) is 36.4. The predicted octanol–water partition coefficient (Wildman–Crippen LogP) is 6.39. The summed E-state index contributed by atoms with van der Waals surface area (Å²) in [6, 6.07) is 9.77. The van der Waals surface area contributed by atoms with Crippen LogP contribution in [-0.4, -0.2) is 55.9 Å². The highest BCUT2D eigenvalue weighted by molar-refractivity contribution is 6.33. The van der Waals surface area contributed by atoms with Crippen LogP contribution in [0.15, 0.2) is 30.3 Å². The first-order chi connectivity index (χ1) is 22.8. The summed E-state index contributed by atoms with van der Waals surface area (Å²) in [7, 11) is 0. The summed E-state index contributed by atoms with van der Waals surface area (Å²) in [5.41, 5.74) is -3.01. The van der Waals surface area contributed by atoms with Gasteiger partial charge in [0.2, 0.25) is 0 Å². The number of aromatic hydroxyl groups is 1. The maximum Gasteiger partial charge on any atom is 0.191 e. The maximum atomic E-state index is 14.7. The van der Waals surface area contributed by atoms with Crippen LogP contribution >= 0.6 is 0 Å². The summed E-state index contributed by atoms with van der Waals surface area (Å²) < 4.78 is 0. The molecule has 3 aliphatic carbocycles. The number of ketones is 5. The van der Waals surface area contributed by atoms with E-state index in [-0.39, 0.29) is 22.1 Å². The van der Waals surface area contributed by atoms with E-state index in [1.807, 2.05) is 6.08 Å². The van der Waals surface area contributed by atoms with Crippen LogP contribution in [-0.2, 0) is 30.0 Å². The van der Waals surface area contributed by atoms with Crippen molar-refractivity contribution in [3.8, 4) is 5.75 Å². The van der Waals surface area contributed by atoms with Crippen LogP contribution in [0, 0.1) is 34.5 Å². The van der Waals surface area contributed by atoms with Gasteiger partial charge in [-0.2, -0.15) is 0 Å². The van der Waals surface area contributed by atoms with Gasteiger partial charge in [-0.3, -0.25) is 24.0 Å². The Kier molecular flexibility index (Phi) is 8.73. The van der Waals surface area contributed by atoms with Crippen molar-refractivity contribution in [1.29, 1.82) is 0 Å². The van der Waals surface area contributed by atoms with Crippen molar-refractivity contribution in [3.05, 3.63) is 63.7 Å². The molecule has 8 heteroatoms. The van der Waals surface area contributed by atoms with E-state index in [0.717, 1.165) is 23.6 Å². The zero-order chi connectivity index (χ0) is 37.8. The Morgan fingerprint density at radius 1 is 0.880 bits per heavy atom. The van der Waals surface area contributed by atoms with Crippen LogP contribution in [0.1, 0.15) is 127 Å². The monoisotopic (exact) mass is 684 g/mol. The molecule has 0 radical (unpaired) electrons. The highest BCUT2D eigenvalue weighted by Crippen LogP contribution is 2.66. The Morgan fingerprint density at radius 2 is 1.42 bits per heavy atom. The number of benzene rings is 2. The van der Waals surface area contributed by atoms with E-state index >= 15 is 0 Å². The molecule has 8 atom stereocenters. The molecule has 0 aliphatic heterocycles. The van der Waals surface area contributed by atoms with Gasteiger partial charge < -0.3 is 15.3 Å². The smallest absolute Gasteiger partial charge is 0.191 e. The van der Waals surface area contributed by atoms with E-state index in [4.69, 9.17) is 0 Å². The minimum absolute atomic E-state index is 0.114. The second-order valence-electron chi connectivity index (χ2n) is 17.8. The third-order valence-corrected chi connectivity index (χ3v) is 12.4. The molecule has 0 aromatic heterocycles. The van der Waals surface area contributed by atoms with Gasteiger partial charge in [-0.25, -0.2) is 0 Å². The van der Waals surface area contributed by atoms with E-state index in [0.29, 0.717) is 11.1 Å². The Balaban J connectivity index is 1.67. The van der Waals surface area contributed by atoms with Gasteiger partial charge in [-0.15, -0.1) is 0 Å². The van der Waals surface area contributed by atoms with Crippen LogP contribution in [0.3, 0.4) is 0 Å². The van der Waals surface area contributed by atoms with E-state index in [2.05, 4.69) is 59.7 Å². The number of rotatable bonds is 4. The van der Waals surface area contributed by atoms with Crippen molar-refractivity contribution >= 4 is 41.1 Å². The average molecular weight is 685 g/mol. The van der Waals surface area contributed by atoms with Gasteiger partial charge in [0.15, 0.2) is 28.7 Å². The summed E-state index contributed by atoms with van der Waals surface area (Å²) in [6.07, 6.45) is 1.87. The molecule has 3 N–H and O–H groups in total. The lowest BCUT2D eigenvalue weighted by molar-refractivity contribution is -0.240. The molecule has 8 nitrogen and oxygen atoms in total. The first-order valence-electron chi connectivity index (χ1n) is 17.6. The molecule has 3 unspecified atom stereocenters. The minimum atomic E-state index is -3.00. The molecule has 3 aliphatic rings. The molecule has 268 valence electrons. The van der Waals surface area contributed by atoms with Crippen LogP contribution in [0.5, 0.6) is 5.75 Å². The summed E-state index contributed by atoms with van der Waals surface area (Å²) in [6.45, 7) is 21.9. The van der Waals surface area contributed by atoms with E-state index < -0.39 is 81.0 Å². The Morgan fingerprint density at radius 3 is 1.90 bits per heavy atom. The normalized spacial score (nSPS) is 33.1. The molecule has 2 aromatic rings. The number of carbonyl (C=O) groups is 5. The summed E-state index contributed by atoms with van der Waals surface area (Å²) in [5.74, 6) is -11.4. The van der Waals surface area contributed by atoms with Crippen molar-refractivity contribution < 1.29 is 39.3 Å². The predicted molar refractivity (Wildman–Crippen MR) is 192 cm³/mol. The molecule has 50 heavy (non-hydrogen) atoms. The number of Topliss-reactive ketones (excluding diaryl/α,β-unsaturated/α-hetero) is 5. The fraction of sp³-hybridized carbons (Fsp3) is 0.548. The highest BCUT2D eigenvalue weighted by Gasteiger charge is 2.80. The van der Waals surface area contributed by atoms with Crippen LogP contribution < -0.4 is 0 Å². The minimum Gasteiger partial charge on any atom is -0.507 e. The molecule has 0 amide bonds. The molecule has 2 aromatic carbocycles. The molecule has 2 saturated carbocycles. The number of aliphatic hydroxyl groups excluding tert-OH is 1. The van der Waals surface area contributed by atoms with Crippen molar-refractivity contribution in [3.63, 3.8) is 0 Å². The zero-order valence-electron chi connectivity index (χ0n) is 31.4. The lowest BCUT2D eigenvalue weighted by Gasteiger charge is -2.65. The fourth-order valence-corrected chi connectivity index (χ4v) is 9.30. The number of phenolic OH excluding ortho intramolecular Hbond substituents is 1. The highest BCUT2D eigenvalue weighted by atomic mass is 16.3. The lowest BCUT2D eigenvalue weighted by atomic mass is 9.37. The van der Waals surface area contributed by atoms with E-state index in [9.17, 15) is 39.3 Å². The SMILES string of the molecule is CC(=O)C1C(=O)C(C(C)C)[C@@]2(C)[C@H](O)[C@]3(C)C(C(=O)c4c(ccc(/C=C/c5cc(C(C)(C)C)cc(C(C)(C)C)c5)c4O)[C@H]3C)C(=O)[C@@]2(O)C1=O. The first-order valence-corrected chi connectivity index (χ1v) is 17.6. The molecular weight excluding hydrogens is 632 g/mol. The van der Waals surface area contributed by atoms with Gasteiger partial charge in [0.05, 0.1) is 17.6 Å². The number of hydrogen-bond acceptors (Lipinski definition) is 8. The van der Waals surface area contributed by atoms with Gasteiger partial charge in [-0.1, -0.05) is 119 Å². The van der Waals surface area contributed by atoms with E-state index in [1.165, 1.54) is 6.92 Å².